The topological polar surface area (TPSA) is 33.2 Å². The average Bonchev–Trinajstić information content (AvgIpc) is 2.28. The van der Waals surface area contributed by atoms with Crippen molar-refractivity contribution in [1.29, 1.82) is 0 Å². The van der Waals surface area contributed by atoms with Crippen LogP contribution in [0.2, 0.25) is 0 Å². The summed E-state index contributed by atoms with van der Waals surface area (Å²) in [5.74, 6) is -0.551. The highest BCUT2D eigenvalue weighted by Gasteiger charge is 2.15. The van der Waals surface area contributed by atoms with Crippen LogP contribution in [0.4, 0.5) is 4.39 Å². The van der Waals surface area contributed by atoms with Crippen molar-refractivity contribution in [2.75, 3.05) is 14.1 Å². The highest BCUT2D eigenvalue weighted by molar-refractivity contribution is 6.06. The standard InChI is InChI=1S/C13H13FN2O/c1-8-7-10(13(17)16(2)3)9-5-4-6-11(14)12(9)15-8/h4-7H,1-3H3. The van der Waals surface area contributed by atoms with Crippen LogP contribution in [-0.4, -0.2) is 29.9 Å². The fraction of sp³-hybridized carbons (Fsp3) is 0.231. The molecule has 4 heteroatoms. The highest BCUT2D eigenvalue weighted by atomic mass is 19.1. The van der Waals surface area contributed by atoms with E-state index >= 15 is 0 Å². The van der Waals surface area contributed by atoms with Crippen molar-refractivity contribution in [2.24, 2.45) is 0 Å². The normalized spacial score (nSPS) is 10.6. The zero-order valence-corrected chi connectivity index (χ0v) is 9.99. The largest absolute Gasteiger partial charge is 0.345 e. The number of aryl methyl sites for hydroxylation is 1. The Bertz CT molecular complexity index is 593. The van der Waals surface area contributed by atoms with Gasteiger partial charge in [-0.3, -0.25) is 4.79 Å². The van der Waals surface area contributed by atoms with Gasteiger partial charge < -0.3 is 4.90 Å². The summed E-state index contributed by atoms with van der Waals surface area (Å²) >= 11 is 0. The molecule has 1 aromatic carbocycles. The van der Waals surface area contributed by atoms with Gasteiger partial charge in [0.15, 0.2) is 0 Å². The number of rotatable bonds is 1. The molecule has 2 rings (SSSR count). The van der Waals surface area contributed by atoms with Crippen molar-refractivity contribution >= 4 is 16.8 Å². The van der Waals surface area contributed by atoms with Crippen molar-refractivity contribution < 1.29 is 9.18 Å². The van der Waals surface area contributed by atoms with E-state index in [0.717, 1.165) is 0 Å². The molecule has 1 amide bonds. The summed E-state index contributed by atoms with van der Waals surface area (Å²) in [4.78, 5) is 17.6. The lowest BCUT2D eigenvalue weighted by molar-refractivity contribution is 0.0829. The first-order valence-corrected chi connectivity index (χ1v) is 5.28. The zero-order chi connectivity index (χ0) is 12.6. The number of hydrogen-bond donors (Lipinski definition) is 0. The predicted octanol–water partition coefficient (Wildman–Crippen LogP) is 2.38. The lowest BCUT2D eigenvalue weighted by Crippen LogP contribution is -2.22. The van der Waals surface area contributed by atoms with E-state index < -0.39 is 5.82 Å². The molecule has 0 aliphatic rings. The first-order valence-electron chi connectivity index (χ1n) is 5.28. The molecule has 1 aromatic heterocycles. The van der Waals surface area contributed by atoms with E-state index in [2.05, 4.69) is 4.98 Å². The smallest absolute Gasteiger partial charge is 0.254 e. The van der Waals surface area contributed by atoms with E-state index in [9.17, 15) is 9.18 Å². The van der Waals surface area contributed by atoms with E-state index in [-0.39, 0.29) is 11.4 Å². The van der Waals surface area contributed by atoms with Gasteiger partial charge in [0.2, 0.25) is 0 Å². The van der Waals surface area contributed by atoms with E-state index in [1.165, 1.54) is 11.0 Å². The molecule has 17 heavy (non-hydrogen) atoms. The molecule has 0 spiro atoms. The molecule has 0 fully saturated rings. The van der Waals surface area contributed by atoms with E-state index in [0.29, 0.717) is 16.6 Å². The number of hydrogen-bond acceptors (Lipinski definition) is 2. The van der Waals surface area contributed by atoms with Gasteiger partial charge >= 0.3 is 0 Å². The van der Waals surface area contributed by atoms with Crippen LogP contribution < -0.4 is 0 Å². The van der Waals surface area contributed by atoms with Crippen molar-refractivity contribution in [1.82, 2.24) is 9.88 Å². The number of halogens is 1. The minimum atomic E-state index is -0.404. The third-order valence-corrected chi connectivity index (χ3v) is 2.55. The number of nitrogens with zero attached hydrogens (tertiary/aromatic N) is 2. The Kier molecular flexibility index (Phi) is 2.79. The van der Waals surface area contributed by atoms with Crippen LogP contribution in [0.5, 0.6) is 0 Å². The van der Waals surface area contributed by atoms with Gasteiger partial charge in [0.25, 0.3) is 5.91 Å². The maximum atomic E-state index is 13.6. The minimum absolute atomic E-state index is 0.147. The van der Waals surface area contributed by atoms with Crippen LogP contribution in [0.15, 0.2) is 24.3 Å². The van der Waals surface area contributed by atoms with Gasteiger partial charge in [0.1, 0.15) is 11.3 Å². The quantitative estimate of drug-likeness (QED) is 0.756. The predicted molar refractivity (Wildman–Crippen MR) is 64.5 cm³/mol. The van der Waals surface area contributed by atoms with Crippen LogP contribution in [0, 0.1) is 12.7 Å². The second-order valence-electron chi connectivity index (χ2n) is 4.15. The van der Waals surface area contributed by atoms with E-state index in [1.807, 2.05) is 0 Å². The molecule has 0 N–H and O–H groups in total. The van der Waals surface area contributed by atoms with Crippen LogP contribution in [-0.2, 0) is 0 Å². The van der Waals surface area contributed by atoms with Gasteiger partial charge in [-0.15, -0.1) is 0 Å². The lowest BCUT2D eigenvalue weighted by Gasteiger charge is -2.13. The molecule has 0 aliphatic heterocycles. The molecule has 0 saturated carbocycles. The Morgan fingerprint density at radius 3 is 2.71 bits per heavy atom. The van der Waals surface area contributed by atoms with Crippen LogP contribution in [0.25, 0.3) is 10.9 Å². The Labute approximate surface area is 98.9 Å². The molecule has 0 bridgehead atoms. The second-order valence-corrected chi connectivity index (χ2v) is 4.15. The average molecular weight is 232 g/mol. The fourth-order valence-corrected chi connectivity index (χ4v) is 1.76. The van der Waals surface area contributed by atoms with Crippen molar-refractivity contribution in [3.63, 3.8) is 0 Å². The number of para-hydroxylation sites is 1. The number of amides is 1. The summed E-state index contributed by atoms with van der Waals surface area (Å²) in [6.07, 6.45) is 0. The van der Waals surface area contributed by atoms with Crippen LogP contribution >= 0.6 is 0 Å². The van der Waals surface area contributed by atoms with Gasteiger partial charge in [0, 0.05) is 25.2 Å². The van der Waals surface area contributed by atoms with Crippen molar-refractivity contribution in [3.05, 3.63) is 41.3 Å². The SMILES string of the molecule is Cc1cc(C(=O)N(C)C)c2cccc(F)c2n1. The molecule has 0 radical (unpaired) electrons. The molecular formula is C13H13FN2O. The maximum absolute atomic E-state index is 13.6. The molecule has 0 aliphatic carbocycles. The van der Waals surface area contributed by atoms with Crippen LogP contribution in [0.3, 0.4) is 0 Å². The number of aromatic nitrogens is 1. The number of carbonyl (C=O) groups excluding carboxylic acids is 1. The van der Waals surface area contributed by atoms with Crippen LogP contribution in [0.1, 0.15) is 16.1 Å². The summed E-state index contributed by atoms with van der Waals surface area (Å²) in [7, 11) is 3.34. The minimum Gasteiger partial charge on any atom is -0.345 e. The molecule has 88 valence electrons. The van der Waals surface area contributed by atoms with Gasteiger partial charge in [-0.2, -0.15) is 0 Å². The molecule has 1 heterocycles. The van der Waals surface area contributed by atoms with Crippen molar-refractivity contribution in [3.8, 4) is 0 Å². The summed E-state index contributed by atoms with van der Waals surface area (Å²) < 4.78 is 13.6. The number of carbonyl (C=O) groups is 1. The van der Waals surface area contributed by atoms with Crippen molar-refractivity contribution in [2.45, 2.75) is 6.92 Å². The first-order chi connectivity index (χ1) is 8.00. The zero-order valence-electron chi connectivity index (χ0n) is 9.99. The highest BCUT2D eigenvalue weighted by Crippen LogP contribution is 2.21. The Morgan fingerprint density at radius 1 is 1.35 bits per heavy atom. The summed E-state index contributed by atoms with van der Waals surface area (Å²) in [6.45, 7) is 1.75. The van der Waals surface area contributed by atoms with Gasteiger partial charge in [0.05, 0.1) is 5.56 Å². The molecule has 3 nitrogen and oxygen atoms in total. The monoisotopic (exact) mass is 232 g/mol. The second kappa shape index (κ2) is 4.13. The molecule has 0 saturated heterocycles. The third-order valence-electron chi connectivity index (χ3n) is 2.55. The number of fused-ring (bicyclic) bond motifs is 1. The third kappa shape index (κ3) is 1.98. The molecule has 0 atom stereocenters. The Hall–Kier alpha value is -1.97. The Balaban J connectivity index is 2.79. The first kappa shape index (κ1) is 11.5. The molecular weight excluding hydrogens is 219 g/mol. The maximum Gasteiger partial charge on any atom is 0.254 e. The number of benzene rings is 1. The summed E-state index contributed by atoms with van der Waals surface area (Å²) in [5, 5.41) is 0.550. The lowest BCUT2D eigenvalue weighted by atomic mass is 10.1. The fourth-order valence-electron chi connectivity index (χ4n) is 1.76. The van der Waals surface area contributed by atoms with Gasteiger partial charge in [-0.25, -0.2) is 9.37 Å². The Morgan fingerprint density at radius 2 is 2.06 bits per heavy atom. The number of pyridine rings is 1. The summed E-state index contributed by atoms with van der Waals surface area (Å²) in [6, 6.07) is 6.32. The molecule has 0 unspecified atom stereocenters. The van der Waals surface area contributed by atoms with Gasteiger partial charge in [-0.1, -0.05) is 12.1 Å². The van der Waals surface area contributed by atoms with E-state index in [1.54, 1.807) is 39.2 Å². The summed E-state index contributed by atoms with van der Waals surface area (Å²) in [5.41, 5.74) is 1.36. The molecule has 2 aromatic rings. The van der Waals surface area contributed by atoms with Gasteiger partial charge in [-0.05, 0) is 19.1 Å². The van der Waals surface area contributed by atoms with E-state index in [4.69, 9.17) is 0 Å².